The summed E-state index contributed by atoms with van der Waals surface area (Å²) in [5, 5.41) is 17.7. The summed E-state index contributed by atoms with van der Waals surface area (Å²) in [6.07, 6.45) is 6.98. The number of ether oxygens (including phenoxy) is 1. The van der Waals surface area contributed by atoms with Crippen LogP contribution in [0.4, 0.5) is 5.69 Å². The number of hydrogen-bond donors (Lipinski definition) is 1. The number of alkyl halides is 1. The number of amides is 3. The number of fused-ring (bicyclic) bond motifs is 2. The van der Waals surface area contributed by atoms with Gasteiger partial charge in [-0.15, -0.1) is 30.0 Å². The van der Waals surface area contributed by atoms with E-state index in [9.17, 15) is 19.5 Å². The van der Waals surface area contributed by atoms with Crippen molar-refractivity contribution in [2.75, 3.05) is 37.7 Å². The number of likely N-dealkylation sites (tertiary alicyclic amines) is 1. The van der Waals surface area contributed by atoms with Crippen molar-refractivity contribution < 1.29 is 24.2 Å². The zero-order chi connectivity index (χ0) is 35.4. The summed E-state index contributed by atoms with van der Waals surface area (Å²) in [5.41, 5.74) is 2.22. The van der Waals surface area contributed by atoms with Crippen molar-refractivity contribution in [3.8, 4) is 5.75 Å². The Morgan fingerprint density at radius 3 is 2.54 bits per heavy atom. The second kappa shape index (κ2) is 15.7. The van der Waals surface area contributed by atoms with Gasteiger partial charge in [-0.05, 0) is 62.6 Å². The average Bonchev–Trinajstić information content (AvgIpc) is 3.84. The first-order chi connectivity index (χ1) is 24.3. The highest BCUT2D eigenvalue weighted by atomic mass is 79.9. The third-order valence-electron chi connectivity index (χ3n) is 10.0. The van der Waals surface area contributed by atoms with E-state index in [-0.39, 0.29) is 54.2 Å². The number of hydrogen-bond acceptors (Lipinski definition) is 8. The first-order valence-electron chi connectivity index (χ1n) is 17.4. The highest BCUT2D eigenvalue weighted by Crippen LogP contribution is 2.68. The van der Waals surface area contributed by atoms with Crippen LogP contribution in [0.2, 0.25) is 0 Å². The third-order valence-corrected chi connectivity index (χ3v) is 13.3. The third kappa shape index (κ3) is 6.59. The van der Waals surface area contributed by atoms with Gasteiger partial charge in [-0.2, -0.15) is 0 Å². The lowest BCUT2D eigenvalue weighted by atomic mass is 9.70. The first-order valence-corrected chi connectivity index (χ1v) is 19.1. The normalized spacial score (nSPS) is 25.1. The molecule has 11 nitrogen and oxygen atoms in total. The zero-order valence-corrected chi connectivity index (χ0v) is 30.8. The van der Waals surface area contributed by atoms with E-state index in [0.29, 0.717) is 43.9 Å². The highest BCUT2D eigenvalue weighted by molar-refractivity contribution is 9.09. The summed E-state index contributed by atoms with van der Waals surface area (Å²) in [5.74, 6) is -1.08. The molecule has 266 valence electrons. The zero-order valence-electron chi connectivity index (χ0n) is 28.4. The second-order valence-corrected chi connectivity index (χ2v) is 15.8. The maximum Gasteiger partial charge on any atom is 0.248 e. The predicted octanol–water partition coefficient (Wildman–Crippen LogP) is 5.04. The van der Waals surface area contributed by atoms with Gasteiger partial charge in [0.25, 0.3) is 0 Å². The van der Waals surface area contributed by atoms with Gasteiger partial charge in [0.1, 0.15) is 24.0 Å². The fourth-order valence-corrected chi connectivity index (χ4v) is 11.5. The Kier molecular flexibility index (Phi) is 11.3. The number of carbonyl (C=O) groups excluding carboxylic acids is 3. The summed E-state index contributed by atoms with van der Waals surface area (Å²) in [7, 11) is 0. The Bertz CT molecular complexity index is 1720. The van der Waals surface area contributed by atoms with Crippen molar-refractivity contribution in [3.05, 3.63) is 73.8 Å². The van der Waals surface area contributed by atoms with Crippen LogP contribution in [-0.4, -0.2) is 101 Å². The first kappa shape index (κ1) is 36.1. The minimum absolute atomic E-state index is 0.0664. The quantitative estimate of drug-likeness (QED) is 0.115. The number of aromatic nitrogens is 3. The van der Waals surface area contributed by atoms with Gasteiger partial charge in [0, 0.05) is 42.0 Å². The molecule has 0 radical (unpaired) electrons. The monoisotopic (exact) mass is 764 g/mol. The molecule has 6 atom stereocenters. The van der Waals surface area contributed by atoms with E-state index < -0.39 is 22.6 Å². The smallest absolute Gasteiger partial charge is 0.248 e. The number of halogens is 1. The Morgan fingerprint density at radius 2 is 1.82 bits per heavy atom. The van der Waals surface area contributed by atoms with E-state index in [1.54, 1.807) is 43.3 Å². The fourth-order valence-electron chi connectivity index (χ4n) is 7.93. The molecule has 4 heterocycles. The fraction of sp³-hybridized carbons (Fsp3) is 0.486. The van der Waals surface area contributed by atoms with Crippen LogP contribution in [0.25, 0.3) is 11.0 Å². The predicted molar refractivity (Wildman–Crippen MR) is 199 cm³/mol. The Hall–Kier alpha value is -3.68. The Labute approximate surface area is 305 Å². The van der Waals surface area contributed by atoms with Crippen molar-refractivity contribution in [2.24, 2.45) is 11.8 Å². The molecule has 2 aromatic carbocycles. The van der Waals surface area contributed by atoms with Gasteiger partial charge in [0.05, 0.1) is 28.7 Å². The van der Waals surface area contributed by atoms with Gasteiger partial charge in [-0.1, -0.05) is 58.3 Å². The Morgan fingerprint density at radius 1 is 1.08 bits per heavy atom. The lowest BCUT2D eigenvalue weighted by Gasteiger charge is -2.38. The van der Waals surface area contributed by atoms with Gasteiger partial charge < -0.3 is 24.5 Å². The van der Waals surface area contributed by atoms with Crippen LogP contribution in [0, 0.1) is 11.8 Å². The number of thioether (sulfide) groups is 1. The molecular weight excluding hydrogens is 720 g/mol. The van der Waals surface area contributed by atoms with Crippen molar-refractivity contribution in [3.63, 3.8) is 0 Å². The van der Waals surface area contributed by atoms with Gasteiger partial charge in [0.15, 0.2) is 0 Å². The molecule has 3 aliphatic rings. The van der Waals surface area contributed by atoms with E-state index in [4.69, 9.17) is 4.74 Å². The molecule has 3 amide bonds. The molecule has 1 aromatic heterocycles. The number of aliphatic hydroxyl groups excluding tert-OH is 1. The lowest BCUT2D eigenvalue weighted by molar-refractivity contribution is -0.143. The molecule has 0 saturated carbocycles. The van der Waals surface area contributed by atoms with Crippen LogP contribution in [-0.2, 0) is 21.1 Å². The molecule has 0 aliphatic carbocycles. The van der Waals surface area contributed by atoms with Crippen molar-refractivity contribution >= 4 is 62.1 Å². The molecule has 50 heavy (non-hydrogen) atoms. The van der Waals surface area contributed by atoms with Gasteiger partial charge in [-0.25, -0.2) is 4.68 Å². The van der Waals surface area contributed by atoms with E-state index in [1.165, 1.54) is 0 Å². The Balaban J connectivity index is 1.36. The highest BCUT2D eigenvalue weighted by Gasteiger charge is 2.76. The van der Waals surface area contributed by atoms with Crippen LogP contribution in [0.3, 0.4) is 0 Å². The van der Waals surface area contributed by atoms with Gasteiger partial charge in [0.2, 0.25) is 17.7 Å². The molecule has 3 aliphatic heterocycles. The summed E-state index contributed by atoms with van der Waals surface area (Å²) in [4.78, 5) is 49.6. The largest absolute Gasteiger partial charge is 0.494 e. The topological polar surface area (TPSA) is 121 Å². The molecule has 13 heteroatoms. The van der Waals surface area contributed by atoms with Gasteiger partial charge >= 0.3 is 0 Å². The SMILES string of the molecule is C=CCN(Cn1nnc2ccccc21)C(=O)C1N(CCCCCCO)C(=O)[C@@H]2[C@H](C(=O)N(CC=C)c3ccc(OCC)cc3)[C@H]3SC12CC3Br. The molecule has 2 bridgehead atoms. The molecule has 1 N–H and O–H groups in total. The van der Waals surface area contributed by atoms with Crippen LogP contribution in [0.1, 0.15) is 39.0 Å². The van der Waals surface area contributed by atoms with Crippen molar-refractivity contribution in [1.29, 1.82) is 0 Å². The molecule has 3 saturated heterocycles. The molecule has 3 aromatic rings. The number of para-hydroxylation sites is 1. The summed E-state index contributed by atoms with van der Waals surface area (Å²) >= 11 is 5.53. The lowest BCUT2D eigenvalue weighted by Crippen LogP contribution is -2.56. The standard InChI is InChI=1S/C37H45BrN6O5S/c1-4-19-41(24-44-29-14-10-9-13-28(29)39-40-44)36(48)33-37-23-27(38)32(50-37)30(31(37)35(47)43(33)21-11-7-8-12-22-45)34(46)42(20-5-2)25-15-17-26(18-16-25)49-6-3/h4-5,9-10,13-18,27,30-33,45H,1-2,6-8,11-12,19-24H2,3H3/t27?,30-,31-,32-,33?,37?/m0/s1. The summed E-state index contributed by atoms with van der Waals surface area (Å²) in [6.45, 7) is 11.5. The number of aliphatic hydroxyl groups is 1. The number of nitrogens with zero attached hydrogens (tertiary/aromatic N) is 6. The van der Waals surface area contributed by atoms with Crippen LogP contribution < -0.4 is 9.64 Å². The molecule has 3 fully saturated rings. The molecule has 6 rings (SSSR count). The second-order valence-electron chi connectivity index (χ2n) is 13.1. The minimum Gasteiger partial charge on any atom is -0.494 e. The molecular formula is C37H45BrN6O5S. The number of rotatable bonds is 17. The van der Waals surface area contributed by atoms with E-state index in [2.05, 4.69) is 39.4 Å². The molecule has 3 unspecified atom stereocenters. The number of benzene rings is 2. The maximum absolute atomic E-state index is 15.0. The molecule has 1 spiro atoms. The number of carbonyl (C=O) groups is 3. The van der Waals surface area contributed by atoms with Crippen LogP contribution >= 0.6 is 27.7 Å². The minimum atomic E-state index is -0.805. The van der Waals surface area contributed by atoms with Crippen molar-refractivity contribution in [1.82, 2.24) is 24.8 Å². The van der Waals surface area contributed by atoms with E-state index >= 15 is 0 Å². The maximum atomic E-state index is 15.0. The summed E-state index contributed by atoms with van der Waals surface area (Å²) in [6, 6.07) is 14.2. The van der Waals surface area contributed by atoms with Crippen LogP contribution in [0.15, 0.2) is 73.8 Å². The van der Waals surface area contributed by atoms with E-state index in [1.807, 2.05) is 55.5 Å². The average molecular weight is 766 g/mol. The van der Waals surface area contributed by atoms with Crippen molar-refractivity contribution in [2.45, 2.75) is 66.6 Å². The summed E-state index contributed by atoms with van der Waals surface area (Å²) < 4.78 is 6.52. The van der Waals surface area contributed by atoms with E-state index in [0.717, 1.165) is 23.9 Å². The number of anilines is 1. The van der Waals surface area contributed by atoms with Gasteiger partial charge in [-0.3, -0.25) is 14.4 Å². The number of unbranched alkanes of at least 4 members (excludes halogenated alkanes) is 3. The van der Waals surface area contributed by atoms with Crippen LogP contribution in [0.5, 0.6) is 5.75 Å².